The maximum Gasteiger partial charge on any atom is 0.176 e. The SMILES string of the molecule is COc1cc(Br)cc(/C=N\CC(OC)OC)c1. The number of methoxy groups -OCH3 is 3. The van der Waals surface area contributed by atoms with Gasteiger partial charge in [-0.25, -0.2) is 0 Å². The van der Waals surface area contributed by atoms with Crippen LogP contribution in [-0.4, -0.2) is 40.4 Å². The number of aliphatic imine (C=N–C) groups is 1. The van der Waals surface area contributed by atoms with Gasteiger partial charge in [-0.1, -0.05) is 15.9 Å². The molecule has 4 nitrogen and oxygen atoms in total. The molecule has 0 spiro atoms. The smallest absolute Gasteiger partial charge is 0.176 e. The molecule has 0 amide bonds. The molecule has 0 radical (unpaired) electrons. The second-order valence-electron chi connectivity index (χ2n) is 3.32. The standard InChI is InChI=1S/C12H16BrNO3/c1-15-11-5-9(4-10(13)6-11)7-14-8-12(16-2)17-3/h4-7,12H,8H2,1-3H3/b14-7-. The maximum atomic E-state index is 5.16. The number of nitrogens with zero attached hydrogens (tertiary/aromatic N) is 1. The molecule has 0 fully saturated rings. The van der Waals surface area contributed by atoms with E-state index in [0.717, 1.165) is 15.8 Å². The summed E-state index contributed by atoms with van der Waals surface area (Å²) in [4.78, 5) is 4.25. The van der Waals surface area contributed by atoms with Crippen molar-refractivity contribution in [3.63, 3.8) is 0 Å². The van der Waals surface area contributed by atoms with Crippen molar-refractivity contribution in [2.45, 2.75) is 6.29 Å². The monoisotopic (exact) mass is 301 g/mol. The molecule has 0 heterocycles. The van der Waals surface area contributed by atoms with Gasteiger partial charge in [-0.15, -0.1) is 0 Å². The first kappa shape index (κ1) is 14.2. The number of hydrogen-bond donors (Lipinski definition) is 0. The Morgan fingerprint density at radius 2 is 1.94 bits per heavy atom. The first-order valence-electron chi connectivity index (χ1n) is 5.09. The Morgan fingerprint density at radius 3 is 2.53 bits per heavy atom. The van der Waals surface area contributed by atoms with Crippen LogP contribution in [0.4, 0.5) is 0 Å². The van der Waals surface area contributed by atoms with Crippen molar-refractivity contribution in [1.82, 2.24) is 0 Å². The van der Waals surface area contributed by atoms with E-state index in [4.69, 9.17) is 14.2 Å². The summed E-state index contributed by atoms with van der Waals surface area (Å²) >= 11 is 3.41. The lowest BCUT2D eigenvalue weighted by molar-refractivity contribution is -0.0936. The van der Waals surface area contributed by atoms with Crippen molar-refractivity contribution in [1.29, 1.82) is 0 Å². The molecule has 0 N–H and O–H groups in total. The normalized spacial score (nSPS) is 11.4. The van der Waals surface area contributed by atoms with Crippen molar-refractivity contribution >= 4 is 22.1 Å². The number of hydrogen-bond acceptors (Lipinski definition) is 4. The summed E-state index contributed by atoms with van der Waals surface area (Å²) in [5.41, 5.74) is 0.960. The average Bonchev–Trinajstić information content (AvgIpc) is 2.34. The van der Waals surface area contributed by atoms with Gasteiger partial charge in [0.05, 0.1) is 13.7 Å². The number of ether oxygens (including phenoxy) is 3. The fraction of sp³-hybridized carbons (Fsp3) is 0.417. The van der Waals surface area contributed by atoms with Crippen LogP contribution in [0.25, 0.3) is 0 Å². The van der Waals surface area contributed by atoms with Gasteiger partial charge in [0.15, 0.2) is 6.29 Å². The molecule has 0 saturated heterocycles. The van der Waals surface area contributed by atoms with E-state index in [0.29, 0.717) is 6.54 Å². The molecule has 0 aliphatic rings. The zero-order valence-corrected chi connectivity index (χ0v) is 11.7. The molecule has 0 saturated carbocycles. The van der Waals surface area contributed by atoms with Gasteiger partial charge in [0.25, 0.3) is 0 Å². The molecule has 0 aromatic heterocycles. The van der Waals surface area contributed by atoms with Crippen LogP contribution in [0.2, 0.25) is 0 Å². The van der Waals surface area contributed by atoms with Gasteiger partial charge in [-0.2, -0.15) is 0 Å². The van der Waals surface area contributed by atoms with Crippen molar-refractivity contribution < 1.29 is 14.2 Å². The maximum absolute atomic E-state index is 5.16. The Labute approximate surface area is 110 Å². The Hall–Kier alpha value is -0.910. The summed E-state index contributed by atoms with van der Waals surface area (Å²) in [6, 6.07) is 5.76. The average molecular weight is 302 g/mol. The van der Waals surface area contributed by atoms with Crippen LogP contribution in [0.3, 0.4) is 0 Å². The largest absolute Gasteiger partial charge is 0.497 e. The van der Waals surface area contributed by atoms with Crippen molar-refractivity contribution in [2.75, 3.05) is 27.9 Å². The van der Waals surface area contributed by atoms with Crippen LogP contribution in [0.1, 0.15) is 5.56 Å². The molecule has 1 aromatic rings. The highest BCUT2D eigenvalue weighted by molar-refractivity contribution is 9.10. The van der Waals surface area contributed by atoms with Gasteiger partial charge in [0, 0.05) is 24.9 Å². The lowest BCUT2D eigenvalue weighted by Gasteiger charge is -2.09. The van der Waals surface area contributed by atoms with E-state index >= 15 is 0 Å². The fourth-order valence-corrected chi connectivity index (χ4v) is 1.76. The first-order chi connectivity index (χ1) is 8.19. The van der Waals surface area contributed by atoms with Gasteiger partial charge >= 0.3 is 0 Å². The Morgan fingerprint density at radius 1 is 1.24 bits per heavy atom. The molecule has 17 heavy (non-hydrogen) atoms. The van der Waals surface area contributed by atoms with E-state index in [1.165, 1.54) is 0 Å². The Kier molecular flexibility index (Phi) is 6.18. The zero-order valence-electron chi connectivity index (χ0n) is 10.1. The number of rotatable bonds is 6. The molecule has 0 atom stereocenters. The summed E-state index contributed by atoms with van der Waals surface area (Å²) in [7, 11) is 4.81. The van der Waals surface area contributed by atoms with Crippen LogP contribution < -0.4 is 4.74 Å². The van der Waals surface area contributed by atoms with Crippen molar-refractivity contribution in [3.8, 4) is 5.75 Å². The minimum absolute atomic E-state index is 0.305. The zero-order chi connectivity index (χ0) is 12.7. The van der Waals surface area contributed by atoms with E-state index in [1.54, 1.807) is 27.5 Å². The Bertz CT molecular complexity index is 378. The predicted molar refractivity (Wildman–Crippen MR) is 71.0 cm³/mol. The summed E-state index contributed by atoms with van der Waals surface area (Å²) in [6.45, 7) is 0.460. The molecule has 0 unspecified atom stereocenters. The quantitative estimate of drug-likeness (QED) is 0.599. The third-order valence-corrected chi connectivity index (χ3v) is 2.61. The van der Waals surface area contributed by atoms with E-state index in [2.05, 4.69) is 20.9 Å². The van der Waals surface area contributed by atoms with Gasteiger partial charge in [0.1, 0.15) is 5.75 Å². The molecule has 94 valence electrons. The minimum atomic E-state index is -0.305. The van der Waals surface area contributed by atoms with Gasteiger partial charge < -0.3 is 14.2 Å². The summed E-state index contributed by atoms with van der Waals surface area (Å²) in [5, 5.41) is 0. The minimum Gasteiger partial charge on any atom is -0.497 e. The second kappa shape index (κ2) is 7.42. The van der Waals surface area contributed by atoms with E-state index in [9.17, 15) is 0 Å². The third kappa shape index (κ3) is 4.85. The van der Waals surface area contributed by atoms with Crippen LogP contribution >= 0.6 is 15.9 Å². The molecule has 1 aromatic carbocycles. The van der Waals surface area contributed by atoms with E-state index in [1.807, 2.05) is 18.2 Å². The molecule has 0 aliphatic heterocycles. The summed E-state index contributed by atoms with van der Waals surface area (Å²) in [6.07, 6.45) is 1.46. The topological polar surface area (TPSA) is 40.0 Å². The molecule has 1 rings (SSSR count). The molecule has 5 heteroatoms. The highest BCUT2D eigenvalue weighted by Crippen LogP contribution is 2.20. The van der Waals surface area contributed by atoms with Gasteiger partial charge in [-0.3, -0.25) is 4.99 Å². The highest BCUT2D eigenvalue weighted by atomic mass is 79.9. The predicted octanol–water partition coefficient (Wildman–Crippen LogP) is 2.50. The first-order valence-corrected chi connectivity index (χ1v) is 5.89. The van der Waals surface area contributed by atoms with E-state index in [-0.39, 0.29) is 6.29 Å². The number of benzene rings is 1. The molecular weight excluding hydrogens is 286 g/mol. The van der Waals surface area contributed by atoms with Gasteiger partial charge in [-0.05, 0) is 23.8 Å². The van der Waals surface area contributed by atoms with Crippen LogP contribution in [0.5, 0.6) is 5.75 Å². The van der Waals surface area contributed by atoms with Crippen LogP contribution in [-0.2, 0) is 9.47 Å². The fourth-order valence-electron chi connectivity index (χ4n) is 1.27. The second-order valence-corrected chi connectivity index (χ2v) is 4.24. The van der Waals surface area contributed by atoms with Crippen LogP contribution in [0, 0.1) is 0 Å². The van der Waals surface area contributed by atoms with E-state index < -0.39 is 0 Å². The highest BCUT2D eigenvalue weighted by Gasteiger charge is 2.02. The van der Waals surface area contributed by atoms with Crippen LogP contribution in [0.15, 0.2) is 27.7 Å². The molecular formula is C12H16BrNO3. The lowest BCUT2D eigenvalue weighted by atomic mass is 10.2. The molecule has 0 aliphatic carbocycles. The van der Waals surface area contributed by atoms with Gasteiger partial charge in [0.2, 0.25) is 0 Å². The summed E-state index contributed by atoms with van der Waals surface area (Å²) in [5.74, 6) is 0.788. The lowest BCUT2D eigenvalue weighted by Crippen LogP contribution is -2.16. The number of halogens is 1. The third-order valence-electron chi connectivity index (χ3n) is 2.15. The summed E-state index contributed by atoms with van der Waals surface area (Å²) < 4.78 is 16.2. The molecule has 0 bridgehead atoms. The van der Waals surface area contributed by atoms with Crippen molar-refractivity contribution in [3.05, 3.63) is 28.2 Å². The van der Waals surface area contributed by atoms with Crippen molar-refractivity contribution in [2.24, 2.45) is 4.99 Å². The Balaban J connectivity index is 2.67.